The van der Waals surface area contributed by atoms with Gasteiger partial charge in [0, 0.05) is 20.8 Å². The molecule has 3 rings (SSSR count). The largest absolute Gasteiger partial charge is 0.454 e. The van der Waals surface area contributed by atoms with E-state index in [2.05, 4.69) is 47.0 Å². The fraction of sp³-hybridized carbons (Fsp3) is 0.267. The number of fused-ring (bicyclic) bond motifs is 1. The molecular weight excluding hydrogens is 336 g/mol. The van der Waals surface area contributed by atoms with Crippen LogP contribution < -0.4 is 5.32 Å². The fourth-order valence-corrected chi connectivity index (χ4v) is 3.19. The molecule has 2 heterocycles. The lowest BCUT2D eigenvalue weighted by Crippen LogP contribution is -2.25. The zero-order chi connectivity index (χ0) is 14.3. The van der Waals surface area contributed by atoms with Crippen molar-refractivity contribution in [2.75, 3.05) is 5.32 Å². The van der Waals surface area contributed by atoms with Gasteiger partial charge in [0.15, 0.2) is 10.9 Å². The van der Waals surface area contributed by atoms with Gasteiger partial charge < -0.3 is 9.73 Å². The van der Waals surface area contributed by atoms with Crippen LogP contribution in [-0.4, -0.2) is 10.5 Å². The van der Waals surface area contributed by atoms with E-state index in [9.17, 15) is 0 Å². The summed E-state index contributed by atoms with van der Waals surface area (Å²) in [6.07, 6.45) is 0. The smallest absolute Gasteiger partial charge is 0.183 e. The molecule has 0 saturated heterocycles. The van der Waals surface area contributed by atoms with Crippen LogP contribution in [0.15, 0.2) is 38.5 Å². The Morgan fingerprint density at radius 3 is 2.80 bits per heavy atom. The van der Waals surface area contributed by atoms with Crippen LogP contribution in [0.1, 0.15) is 20.8 Å². The third-order valence-corrected chi connectivity index (χ3v) is 3.97. The van der Waals surface area contributed by atoms with Crippen molar-refractivity contribution in [3.05, 3.63) is 34.1 Å². The van der Waals surface area contributed by atoms with E-state index in [1.54, 1.807) is 11.3 Å². The molecule has 0 aliphatic heterocycles. The molecule has 0 bridgehead atoms. The van der Waals surface area contributed by atoms with Crippen molar-refractivity contribution in [1.29, 1.82) is 0 Å². The first-order valence-electron chi connectivity index (χ1n) is 6.34. The van der Waals surface area contributed by atoms with Gasteiger partial charge in [-0.1, -0.05) is 15.9 Å². The number of aromatic nitrogens is 1. The standard InChI is InChI=1S/C15H15BrN2OS/c1-15(2,3)18-14-17-11(8-20-14)13-7-9-6-10(16)4-5-12(9)19-13/h4-8H,1-3H3,(H,17,18). The number of rotatable bonds is 2. The van der Waals surface area contributed by atoms with E-state index in [4.69, 9.17) is 4.42 Å². The summed E-state index contributed by atoms with van der Waals surface area (Å²) in [6.45, 7) is 6.35. The highest BCUT2D eigenvalue weighted by atomic mass is 79.9. The summed E-state index contributed by atoms with van der Waals surface area (Å²) in [5.41, 5.74) is 1.75. The van der Waals surface area contributed by atoms with E-state index in [0.717, 1.165) is 32.0 Å². The highest BCUT2D eigenvalue weighted by Crippen LogP contribution is 2.32. The Morgan fingerprint density at radius 2 is 2.05 bits per heavy atom. The molecule has 0 aliphatic rings. The molecule has 3 nitrogen and oxygen atoms in total. The minimum Gasteiger partial charge on any atom is -0.454 e. The van der Waals surface area contributed by atoms with Gasteiger partial charge in [-0.05, 0) is 45.0 Å². The molecule has 0 fully saturated rings. The summed E-state index contributed by atoms with van der Waals surface area (Å²) in [7, 11) is 0. The van der Waals surface area contributed by atoms with Crippen LogP contribution in [0.3, 0.4) is 0 Å². The molecule has 5 heteroatoms. The van der Waals surface area contributed by atoms with Gasteiger partial charge in [0.2, 0.25) is 0 Å². The minimum absolute atomic E-state index is 0.00780. The fourth-order valence-electron chi connectivity index (χ4n) is 1.91. The summed E-state index contributed by atoms with van der Waals surface area (Å²) >= 11 is 5.06. The normalized spacial score (nSPS) is 12.0. The van der Waals surface area contributed by atoms with Gasteiger partial charge in [0.1, 0.15) is 11.3 Å². The Labute approximate surface area is 130 Å². The second-order valence-electron chi connectivity index (χ2n) is 5.71. The van der Waals surface area contributed by atoms with Crippen LogP contribution in [-0.2, 0) is 0 Å². The molecule has 3 aromatic rings. The number of nitrogens with zero attached hydrogens (tertiary/aromatic N) is 1. The van der Waals surface area contributed by atoms with Crippen molar-refractivity contribution in [2.24, 2.45) is 0 Å². The Kier molecular flexibility index (Phi) is 3.34. The first-order valence-corrected chi connectivity index (χ1v) is 8.01. The monoisotopic (exact) mass is 350 g/mol. The first kappa shape index (κ1) is 13.6. The maximum Gasteiger partial charge on any atom is 0.183 e. The summed E-state index contributed by atoms with van der Waals surface area (Å²) in [5.74, 6) is 0.802. The lowest BCUT2D eigenvalue weighted by molar-refractivity contribution is 0.625. The van der Waals surface area contributed by atoms with Gasteiger partial charge >= 0.3 is 0 Å². The quantitative estimate of drug-likeness (QED) is 0.660. The topological polar surface area (TPSA) is 38.1 Å². The molecule has 0 saturated carbocycles. The number of thiazole rings is 1. The SMILES string of the molecule is CC(C)(C)Nc1nc(-c2cc3cc(Br)ccc3o2)cs1. The molecule has 0 unspecified atom stereocenters. The maximum atomic E-state index is 5.85. The molecule has 0 amide bonds. The highest BCUT2D eigenvalue weighted by Gasteiger charge is 2.14. The molecule has 0 atom stereocenters. The molecule has 20 heavy (non-hydrogen) atoms. The molecule has 0 aliphatic carbocycles. The van der Waals surface area contributed by atoms with E-state index in [1.807, 2.05) is 29.6 Å². The number of benzene rings is 1. The van der Waals surface area contributed by atoms with Gasteiger partial charge in [0.25, 0.3) is 0 Å². The molecule has 1 N–H and O–H groups in total. The lowest BCUT2D eigenvalue weighted by Gasteiger charge is -2.19. The Bertz CT molecular complexity index is 755. The molecule has 0 radical (unpaired) electrons. The van der Waals surface area contributed by atoms with Gasteiger partial charge in [0.05, 0.1) is 0 Å². The van der Waals surface area contributed by atoms with Crippen LogP contribution >= 0.6 is 27.3 Å². The number of halogens is 1. The molecule has 1 aromatic carbocycles. The van der Waals surface area contributed by atoms with Crippen molar-refractivity contribution < 1.29 is 4.42 Å². The van der Waals surface area contributed by atoms with E-state index in [-0.39, 0.29) is 5.54 Å². The zero-order valence-corrected chi connectivity index (χ0v) is 13.9. The third kappa shape index (κ3) is 2.88. The van der Waals surface area contributed by atoms with Crippen molar-refractivity contribution in [3.8, 4) is 11.5 Å². The van der Waals surface area contributed by atoms with E-state index < -0.39 is 0 Å². The first-order chi connectivity index (χ1) is 9.40. The molecular formula is C15H15BrN2OS. The van der Waals surface area contributed by atoms with Crippen LogP contribution in [0, 0.1) is 0 Å². The van der Waals surface area contributed by atoms with Crippen molar-refractivity contribution in [3.63, 3.8) is 0 Å². The zero-order valence-electron chi connectivity index (χ0n) is 11.5. The summed E-state index contributed by atoms with van der Waals surface area (Å²) in [6, 6.07) is 8.01. The van der Waals surface area contributed by atoms with Crippen molar-refractivity contribution in [1.82, 2.24) is 4.98 Å². The predicted octanol–water partition coefficient (Wildman–Crippen LogP) is 5.53. The Balaban J connectivity index is 1.95. The third-order valence-electron chi connectivity index (χ3n) is 2.72. The van der Waals surface area contributed by atoms with Gasteiger partial charge in [-0.15, -0.1) is 11.3 Å². The maximum absolute atomic E-state index is 5.85. The van der Waals surface area contributed by atoms with Crippen LogP contribution in [0.5, 0.6) is 0 Å². The second-order valence-corrected chi connectivity index (χ2v) is 7.48. The van der Waals surface area contributed by atoms with Crippen LogP contribution in [0.4, 0.5) is 5.13 Å². The van der Waals surface area contributed by atoms with Crippen molar-refractivity contribution >= 4 is 43.4 Å². The second kappa shape index (κ2) is 4.90. The predicted molar refractivity (Wildman–Crippen MR) is 88.4 cm³/mol. The van der Waals surface area contributed by atoms with E-state index in [0.29, 0.717) is 0 Å². The summed E-state index contributed by atoms with van der Waals surface area (Å²) in [4.78, 5) is 4.59. The molecule has 2 aromatic heterocycles. The Hall–Kier alpha value is -1.33. The van der Waals surface area contributed by atoms with Crippen LogP contribution in [0.2, 0.25) is 0 Å². The van der Waals surface area contributed by atoms with E-state index in [1.165, 1.54) is 0 Å². The molecule has 104 valence electrons. The summed E-state index contributed by atoms with van der Waals surface area (Å²) < 4.78 is 6.90. The average molecular weight is 351 g/mol. The average Bonchev–Trinajstić information content (AvgIpc) is 2.92. The van der Waals surface area contributed by atoms with Crippen molar-refractivity contribution in [2.45, 2.75) is 26.3 Å². The van der Waals surface area contributed by atoms with Gasteiger partial charge in [-0.3, -0.25) is 0 Å². The minimum atomic E-state index is 0.00780. The number of anilines is 1. The van der Waals surface area contributed by atoms with Crippen LogP contribution in [0.25, 0.3) is 22.4 Å². The Morgan fingerprint density at radius 1 is 1.25 bits per heavy atom. The number of nitrogens with one attached hydrogen (secondary N) is 1. The number of hydrogen-bond donors (Lipinski definition) is 1. The van der Waals surface area contributed by atoms with E-state index >= 15 is 0 Å². The lowest BCUT2D eigenvalue weighted by atomic mass is 10.1. The number of furan rings is 1. The molecule has 0 spiro atoms. The number of hydrogen-bond acceptors (Lipinski definition) is 4. The van der Waals surface area contributed by atoms with Gasteiger partial charge in [-0.25, -0.2) is 4.98 Å². The van der Waals surface area contributed by atoms with Gasteiger partial charge in [-0.2, -0.15) is 0 Å². The summed E-state index contributed by atoms with van der Waals surface area (Å²) in [5, 5.41) is 7.37. The highest BCUT2D eigenvalue weighted by molar-refractivity contribution is 9.10.